The lowest BCUT2D eigenvalue weighted by Gasteiger charge is -2.16. The van der Waals surface area contributed by atoms with Crippen molar-refractivity contribution in [3.63, 3.8) is 0 Å². The Labute approximate surface area is 102 Å². The first-order chi connectivity index (χ1) is 8.41. The number of amides is 1. The number of hydrogen-bond donors (Lipinski definition) is 3. The number of carbonyl (C=O) groups is 3. The van der Waals surface area contributed by atoms with E-state index in [-0.39, 0.29) is 0 Å². The van der Waals surface area contributed by atoms with Crippen LogP contribution in [-0.2, 0) is 14.4 Å². The van der Waals surface area contributed by atoms with Crippen molar-refractivity contribution in [2.45, 2.75) is 25.4 Å². The van der Waals surface area contributed by atoms with E-state index in [4.69, 9.17) is 10.2 Å². The zero-order valence-corrected chi connectivity index (χ0v) is 9.61. The summed E-state index contributed by atoms with van der Waals surface area (Å²) >= 11 is 0. The van der Waals surface area contributed by atoms with E-state index in [2.05, 4.69) is 10.4 Å². The van der Waals surface area contributed by atoms with Crippen molar-refractivity contribution in [2.75, 3.05) is 0 Å². The zero-order chi connectivity index (χ0) is 13.7. The molecule has 0 saturated carbocycles. The highest BCUT2D eigenvalue weighted by Crippen LogP contribution is 2.04. The SMILES string of the molecule is CC(C(=O)N[C@@H](CC(=O)O)C(=O)O)n1cccn1. The maximum atomic E-state index is 11.7. The van der Waals surface area contributed by atoms with Gasteiger partial charge < -0.3 is 15.5 Å². The standard InChI is InChI=1S/C10H13N3O5/c1-6(13-4-2-3-11-13)9(16)12-7(10(17)18)5-8(14)15/h2-4,6-7H,5H2,1H3,(H,12,16)(H,14,15)(H,17,18)/t6?,7-/m0/s1. The highest BCUT2D eigenvalue weighted by Gasteiger charge is 2.25. The lowest BCUT2D eigenvalue weighted by atomic mass is 10.2. The van der Waals surface area contributed by atoms with Gasteiger partial charge in [0.05, 0.1) is 6.42 Å². The first-order valence-electron chi connectivity index (χ1n) is 5.16. The summed E-state index contributed by atoms with van der Waals surface area (Å²) in [6.07, 6.45) is 2.36. The zero-order valence-electron chi connectivity index (χ0n) is 9.61. The lowest BCUT2D eigenvalue weighted by Crippen LogP contribution is -2.44. The highest BCUT2D eigenvalue weighted by molar-refractivity contribution is 5.88. The van der Waals surface area contributed by atoms with Gasteiger partial charge in [0.15, 0.2) is 0 Å². The minimum Gasteiger partial charge on any atom is -0.481 e. The van der Waals surface area contributed by atoms with Gasteiger partial charge in [-0.05, 0) is 13.0 Å². The lowest BCUT2D eigenvalue weighted by molar-refractivity contribution is -0.147. The van der Waals surface area contributed by atoms with Gasteiger partial charge in [-0.25, -0.2) is 4.79 Å². The Morgan fingerprint density at radius 1 is 1.39 bits per heavy atom. The maximum absolute atomic E-state index is 11.7. The summed E-state index contributed by atoms with van der Waals surface area (Å²) in [5.41, 5.74) is 0. The van der Waals surface area contributed by atoms with Crippen LogP contribution in [0, 0.1) is 0 Å². The third-order valence-electron chi connectivity index (χ3n) is 2.29. The molecule has 0 aliphatic carbocycles. The summed E-state index contributed by atoms with van der Waals surface area (Å²) in [6, 6.07) is -0.543. The van der Waals surface area contributed by atoms with Gasteiger partial charge in [-0.1, -0.05) is 0 Å². The monoisotopic (exact) mass is 255 g/mol. The van der Waals surface area contributed by atoms with Crippen LogP contribution in [0.25, 0.3) is 0 Å². The average molecular weight is 255 g/mol. The van der Waals surface area contributed by atoms with Crippen molar-refractivity contribution in [1.29, 1.82) is 0 Å². The number of carbonyl (C=O) groups excluding carboxylic acids is 1. The van der Waals surface area contributed by atoms with Crippen LogP contribution < -0.4 is 5.32 Å². The second-order valence-corrected chi connectivity index (χ2v) is 3.66. The molecule has 0 aliphatic heterocycles. The average Bonchev–Trinajstić information content (AvgIpc) is 2.79. The molecule has 98 valence electrons. The van der Waals surface area contributed by atoms with Crippen LogP contribution in [-0.4, -0.2) is 43.9 Å². The van der Waals surface area contributed by atoms with Gasteiger partial charge in [0.25, 0.3) is 0 Å². The number of aromatic nitrogens is 2. The predicted molar refractivity (Wildman–Crippen MR) is 58.8 cm³/mol. The van der Waals surface area contributed by atoms with Gasteiger partial charge in [0, 0.05) is 12.4 Å². The molecule has 0 radical (unpaired) electrons. The molecule has 0 bridgehead atoms. The van der Waals surface area contributed by atoms with Crippen molar-refractivity contribution in [3.8, 4) is 0 Å². The largest absolute Gasteiger partial charge is 0.481 e. The maximum Gasteiger partial charge on any atom is 0.326 e. The van der Waals surface area contributed by atoms with Crippen molar-refractivity contribution in [2.24, 2.45) is 0 Å². The number of carboxylic acid groups (broad SMARTS) is 2. The van der Waals surface area contributed by atoms with Crippen molar-refractivity contribution in [1.82, 2.24) is 15.1 Å². The van der Waals surface area contributed by atoms with E-state index < -0.39 is 36.4 Å². The van der Waals surface area contributed by atoms with Crippen LogP contribution in [0.15, 0.2) is 18.5 Å². The van der Waals surface area contributed by atoms with Crippen molar-refractivity contribution >= 4 is 17.8 Å². The summed E-state index contributed by atoms with van der Waals surface area (Å²) in [5.74, 6) is -3.29. The molecule has 2 atom stereocenters. The molecule has 1 aromatic heterocycles. The molecule has 0 fully saturated rings. The van der Waals surface area contributed by atoms with Crippen LogP contribution in [0.5, 0.6) is 0 Å². The van der Waals surface area contributed by atoms with E-state index in [1.54, 1.807) is 12.3 Å². The molecule has 0 saturated heterocycles. The molecule has 0 aromatic carbocycles. The molecule has 0 aliphatic rings. The summed E-state index contributed by atoms with van der Waals surface area (Å²) in [4.78, 5) is 33.0. The third-order valence-corrected chi connectivity index (χ3v) is 2.29. The molecule has 3 N–H and O–H groups in total. The molecule has 8 nitrogen and oxygen atoms in total. The summed E-state index contributed by atoms with van der Waals surface area (Å²) < 4.78 is 1.34. The van der Waals surface area contributed by atoms with Gasteiger partial charge in [-0.15, -0.1) is 0 Å². The van der Waals surface area contributed by atoms with Crippen LogP contribution in [0.4, 0.5) is 0 Å². The smallest absolute Gasteiger partial charge is 0.326 e. The molecule has 0 spiro atoms. The topological polar surface area (TPSA) is 122 Å². The Hall–Kier alpha value is -2.38. The summed E-state index contributed by atoms with van der Waals surface area (Å²) in [6.45, 7) is 1.53. The third kappa shape index (κ3) is 3.58. The van der Waals surface area contributed by atoms with Gasteiger partial charge >= 0.3 is 11.9 Å². The normalized spacial score (nSPS) is 13.6. The molecule has 1 amide bonds. The van der Waals surface area contributed by atoms with Crippen LogP contribution in [0.2, 0.25) is 0 Å². The number of nitrogens with one attached hydrogen (secondary N) is 1. The van der Waals surface area contributed by atoms with E-state index in [1.807, 2.05) is 0 Å². The molecular formula is C10H13N3O5. The molecule has 18 heavy (non-hydrogen) atoms. The quantitative estimate of drug-likeness (QED) is 0.629. The van der Waals surface area contributed by atoms with Crippen LogP contribution in [0.3, 0.4) is 0 Å². The van der Waals surface area contributed by atoms with Gasteiger partial charge in [-0.3, -0.25) is 14.3 Å². The van der Waals surface area contributed by atoms with E-state index >= 15 is 0 Å². The van der Waals surface area contributed by atoms with E-state index in [0.717, 1.165) is 0 Å². The Morgan fingerprint density at radius 3 is 2.50 bits per heavy atom. The van der Waals surface area contributed by atoms with Gasteiger partial charge in [-0.2, -0.15) is 5.10 Å². The van der Waals surface area contributed by atoms with Crippen LogP contribution in [0.1, 0.15) is 19.4 Å². The van der Waals surface area contributed by atoms with Crippen molar-refractivity contribution < 1.29 is 24.6 Å². The van der Waals surface area contributed by atoms with E-state index in [0.29, 0.717) is 0 Å². The summed E-state index contributed by atoms with van der Waals surface area (Å²) in [5, 5.41) is 23.3. The van der Waals surface area contributed by atoms with E-state index in [9.17, 15) is 14.4 Å². The van der Waals surface area contributed by atoms with Crippen LogP contribution >= 0.6 is 0 Å². The first kappa shape index (κ1) is 13.7. The van der Waals surface area contributed by atoms with Gasteiger partial charge in [0.2, 0.25) is 5.91 Å². The fourth-order valence-electron chi connectivity index (χ4n) is 1.30. The Bertz CT molecular complexity index is 442. The molecule has 1 aromatic rings. The number of rotatable bonds is 6. The Morgan fingerprint density at radius 2 is 2.06 bits per heavy atom. The number of hydrogen-bond acceptors (Lipinski definition) is 4. The molecule has 1 unspecified atom stereocenters. The van der Waals surface area contributed by atoms with Gasteiger partial charge in [0.1, 0.15) is 12.1 Å². The summed E-state index contributed by atoms with van der Waals surface area (Å²) in [7, 11) is 0. The Kier molecular flexibility index (Phi) is 4.41. The molecule has 1 rings (SSSR count). The second-order valence-electron chi connectivity index (χ2n) is 3.66. The minimum atomic E-state index is -1.45. The number of aliphatic carboxylic acids is 2. The highest BCUT2D eigenvalue weighted by atomic mass is 16.4. The number of carboxylic acids is 2. The first-order valence-corrected chi connectivity index (χ1v) is 5.16. The van der Waals surface area contributed by atoms with E-state index in [1.165, 1.54) is 17.8 Å². The predicted octanol–water partition coefficient (Wildman–Crippen LogP) is -0.512. The fourth-order valence-corrected chi connectivity index (χ4v) is 1.30. The minimum absolute atomic E-state index is 0.604. The fraction of sp³-hybridized carbons (Fsp3) is 0.400. The van der Waals surface area contributed by atoms with Crippen molar-refractivity contribution in [3.05, 3.63) is 18.5 Å². The second kappa shape index (κ2) is 5.80. The molecule has 8 heteroatoms. The molecule has 1 heterocycles. The number of nitrogens with zero attached hydrogens (tertiary/aromatic N) is 2. The Balaban J connectivity index is 2.66. The molecular weight excluding hydrogens is 242 g/mol.